The molecule has 1 N–H and O–H groups in total. The van der Waals surface area contributed by atoms with E-state index in [4.69, 9.17) is 4.74 Å². The Hall–Kier alpha value is -0.320. The molecule has 0 radical (unpaired) electrons. The van der Waals surface area contributed by atoms with Gasteiger partial charge < -0.3 is 15.0 Å². The first-order valence-corrected chi connectivity index (χ1v) is 7.85. The number of nitrogens with one attached hydrogen (secondary N) is 1. The van der Waals surface area contributed by atoms with E-state index in [1.54, 1.807) is 0 Å². The van der Waals surface area contributed by atoms with Gasteiger partial charge in [0.15, 0.2) is 0 Å². The zero-order chi connectivity index (χ0) is 13.2. The molecule has 0 aromatic heterocycles. The predicted octanol–water partition coefficient (Wildman–Crippen LogP) is 2.11. The van der Waals surface area contributed by atoms with E-state index in [0.717, 1.165) is 25.7 Å². The third kappa shape index (κ3) is 3.66. The van der Waals surface area contributed by atoms with Crippen molar-refractivity contribution in [1.82, 2.24) is 10.2 Å². The Morgan fingerprint density at radius 2 is 1.75 bits per heavy atom. The molecule has 0 spiro atoms. The number of hydrogen-bond donors (Lipinski definition) is 1. The summed E-state index contributed by atoms with van der Waals surface area (Å²) >= 11 is 0. The van der Waals surface area contributed by atoms with Crippen LogP contribution in [0.5, 0.6) is 0 Å². The largest absolute Gasteiger partial charge is 0.368 e. The number of carbonyl (C=O) groups is 1. The van der Waals surface area contributed by atoms with Gasteiger partial charge in [0.2, 0.25) is 5.91 Å². The average Bonchev–Trinajstić information content (AvgIpc) is 3.05. The van der Waals surface area contributed by atoms with Gasteiger partial charge in [-0.3, -0.25) is 4.79 Å². The molecule has 2 atom stereocenters. The van der Waals surface area contributed by atoms with Gasteiger partial charge in [0.25, 0.3) is 0 Å². The van der Waals surface area contributed by atoms with Crippen molar-refractivity contribution >= 4 is 18.3 Å². The highest BCUT2D eigenvalue weighted by Gasteiger charge is 2.36. The molecule has 1 saturated carbocycles. The minimum Gasteiger partial charge on any atom is -0.368 e. The number of halogens is 1. The van der Waals surface area contributed by atoms with Gasteiger partial charge in [-0.2, -0.15) is 0 Å². The fourth-order valence-corrected chi connectivity index (χ4v) is 3.89. The molecule has 1 aliphatic carbocycles. The standard InChI is InChI=1S/C15H26N2O2.ClH/c1-17(13-8-11-6-7-12(9-13)16-11)15(18)10-19-14-4-2-3-5-14;/h11-14,16H,2-10H2,1H3;1H. The Labute approximate surface area is 128 Å². The van der Waals surface area contributed by atoms with Crippen LogP contribution < -0.4 is 5.32 Å². The Morgan fingerprint density at radius 3 is 2.35 bits per heavy atom. The molecule has 1 amide bonds. The van der Waals surface area contributed by atoms with E-state index < -0.39 is 0 Å². The number of hydrogen-bond acceptors (Lipinski definition) is 3. The highest BCUT2D eigenvalue weighted by atomic mass is 35.5. The number of rotatable bonds is 4. The Kier molecular flexibility index (Phi) is 5.70. The monoisotopic (exact) mass is 302 g/mol. The van der Waals surface area contributed by atoms with E-state index >= 15 is 0 Å². The number of ether oxygens (including phenoxy) is 1. The summed E-state index contributed by atoms with van der Waals surface area (Å²) < 4.78 is 5.74. The van der Waals surface area contributed by atoms with Crippen LogP contribution >= 0.6 is 12.4 Å². The lowest BCUT2D eigenvalue weighted by Crippen LogP contribution is -2.49. The van der Waals surface area contributed by atoms with Gasteiger partial charge in [0, 0.05) is 25.2 Å². The van der Waals surface area contributed by atoms with Crippen LogP contribution in [0.4, 0.5) is 0 Å². The van der Waals surface area contributed by atoms with E-state index in [2.05, 4.69) is 5.32 Å². The number of likely N-dealkylation sites (N-methyl/N-ethyl adjacent to an activating group) is 1. The van der Waals surface area contributed by atoms with Crippen molar-refractivity contribution in [2.24, 2.45) is 0 Å². The Bertz CT molecular complexity index is 322. The van der Waals surface area contributed by atoms with E-state index in [9.17, 15) is 4.79 Å². The molecule has 3 rings (SSSR count). The molecule has 2 heterocycles. The van der Waals surface area contributed by atoms with Crippen LogP contribution in [0.2, 0.25) is 0 Å². The summed E-state index contributed by atoms with van der Waals surface area (Å²) in [7, 11) is 1.95. The van der Waals surface area contributed by atoms with Gasteiger partial charge in [-0.25, -0.2) is 0 Å². The highest BCUT2D eigenvalue weighted by molar-refractivity contribution is 5.85. The molecule has 5 heteroatoms. The lowest BCUT2D eigenvalue weighted by atomic mass is 9.98. The van der Waals surface area contributed by atoms with Crippen molar-refractivity contribution in [3.8, 4) is 0 Å². The maximum Gasteiger partial charge on any atom is 0.248 e. The molecule has 2 unspecified atom stereocenters. The van der Waals surface area contributed by atoms with Gasteiger partial charge in [-0.05, 0) is 38.5 Å². The molecule has 116 valence electrons. The van der Waals surface area contributed by atoms with Crippen molar-refractivity contribution in [3.63, 3.8) is 0 Å². The van der Waals surface area contributed by atoms with Crippen LogP contribution in [0.15, 0.2) is 0 Å². The molecule has 2 saturated heterocycles. The molecule has 2 aliphatic heterocycles. The summed E-state index contributed by atoms with van der Waals surface area (Å²) in [6.07, 6.45) is 9.90. The second-order valence-electron chi connectivity index (χ2n) is 6.49. The topological polar surface area (TPSA) is 41.6 Å². The highest BCUT2D eigenvalue weighted by Crippen LogP contribution is 2.29. The van der Waals surface area contributed by atoms with Crippen LogP contribution in [-0.2, 0) is 9.53 Å². The number of piperidine rings is 1. The summed E-state index contributed by atoms with van der Waals surface area (Å²) in [6, 6.07) is 1.68. The Balaban J connectivity index is 0.00000147. The molecule has 3 fully saturated rings. The number of amides is 1. The van der Waals surface area contributed by atoms with Crippen molar-refractivity contribution in [2.75, 3.05) is 13.7 Å². The van der Waals surface area contributed by atoms with Crippen LogP contribution in [0, 0.1) is 0 Å². The number of nitrogens with zero attached hydrogens (tertiary/aromatic N) is 1. The molecule has 0 aromatic carbocycles. The second-order valence-corrected chi connectivity index (χ2v) is 6.49. The normalized spacial score (nSPS) is 33.0. The van der Waals surface area contributed by atoms with Crippen LogP contribution in [0.1, 0.15) is 51.4 Å². The maximum absolute atomic E-state index is 12.2. The van der Waals surface area contributed by atoms with Gasteiger partial charge in [-0.1, -0.05) is 12.8 Å². The SMILES string of the molecule is CN(C(=O)COC1CCCC1)C1CC2CCC(C1)N2.Cl. The molecule has 3 aliphatic rings. The first-order valence-electron chi connectivity index (χ1n) is 7.85. The number of fused-ring (bicyclic) bond motifs is 2. The summed E-state index contributed by atoms with van der Waals surface area (Å²) in [4.78, 5) is 14.2. The minimum atomic E-state index is 0. The summed E-state index contributed by atoms with van der Waals surface area (Å²) in [5.41, 5.74) is 0. The smallest absolute Gasteiger partial charge is 0.248 e. The molecule has 0 aromatic rings. The third-order valence-corrected chi connectivity index (χ3v) is 5.13. The van der Waals surface area contributed by atoms with E-state index in [1.165, 1.54) is 25.7 Å². The predicted molar refractivity (Wildman–Crippen MR) is 81.2 cm³/mol. The summed E-state index contributed by atoms with van der Waals surface area (Å²) in [6.45, 7) is 0.278. The molecule has 20 heavy (non-hydrogen) atoms. The fraction of sp³-hybridized carbons (Fsp3) is 0.933. The lowest BCUT2D eigenvalue weighted by Gasteiger charge is -2.35. The van der Waals surface area contributed by atoms with Crippen molar-refractivity contribution in [2.45, 2.75) is 75.6 Å². The first kappa shape index (κ1) is 16.1. The van der Waals surface area contributed by atoms with E-state index in [0.29, 0.717) is 24.2 Å². The van der Waals surface area contributed by atoms with Crippen LogP contribution in [-0.4, -0.2) is 48.7 Å². The third-order valence-electron chi connectivity index (χ3n) is 5.13. The zero-order valence-electron chi connectivity index (χ0n) is 12.3. The Morgan fingerprint density at radius 1 is 1.15 bits per heavy atom. The molecular formula is C15H27ClN2O2. The van der Waals surface area contributed by atoms with Gasteiger partial charge >= 0.3 is 0 Å². The summed E-state index contributed by atoms with van der Waals surface area (Å²) in [5, 5.41) is 3.62. The first-order chi connectivity index (χ1) is 9.22. The van der Waals surface area contributed by atoms with Gasteiger partial charge in [-0.15, -0.1) is 12.4 Å². The molecule has 4 nitrogen and oxygen atoms in total. The van der Waals surface area contributed by atoms with Crippen molar-refractivity contribution < 1.29 is 9.53 Å². The van der Waals surface area contributed by atoms with E-state index in [1.807, 2.05) is 11.9 Å². The molecular weight excluding hydrogens is 276 g/mol. The van der Waals surface area contributed by atoms with Crippen LogP contribution in [0.3, 0.4) is 0 Å². The lowest BCUT2D eigenvalue weighted by molar-refractivity contribution is -0.139. The number of carbonyl (C=O) groups excluding carboxylic acids is 1. The fourth-order valence-electron chi connectivity index (χ4n) is 3.89. The van der Waals surface area contributed by atoms with Crippen LogP contribution in [0.25, 0.3) is 0 Å². The maximum atomic E-state index is 12.2. The minimum absolute atomic E-state index is 0. The summed E-state index contributed by atoms with van der Waals surface area (Å²) in [5.74, 6) is 0.165. The van der Waals surface area contributed by atoms with E-state index in [-0.39, 0.29) is 24.9 Å². The molecule has 2 bridgehead atoms. The van der Waals surface area contributed by atoms with Gasteiger partial charge in [0.05, 0.1) is 6.10 Å². The zero-order valence-corrected chi connectivity index (χ0v) is 13.2. The van der Waals surface area contributed by atoms with Crippen molar-refractivity contribution in [3.05, 3.63) is 0 Å². The quantitative estimate of drug-likeness (QED) is 0.865. The second kappa shape index (κ2) is 7.10. The van der Waals surface area contributed by atoms with Gasteiger partial charge in [0.1, 0.15) is 6.61 Å². The van der Waals surface area contributed by atoms with Crippen molar-refractivity contribution in [1.29, 1.82) is 0 Å². The average molecular weight is 303 g/mol.